The maximum absolute atomic E-state index is 12.9. The molecule has 0 rings (SSSR count). The number of hydrogen-bond donors (Lipinski definition) is 0. The third-order valence-electron chi connectivity index (χ3n) is 13.9. The Kier molecular flexibility index (Phi) is 56.7. The van der Waals surface area contributed by atoms with E-state index in [1.165, 1.54) is 238 Å². The number of unbranched alkanes of at least 4 members (excludes halogenated alkanes) is 42. The van der Waals surface area contributed by atoms with Crippen molar-refractivity contribution in [3.8, 4) is 0 Å². The Morgan fingerprint density at radius 1 is 0.275 bits per heavy atom. The van der Waals surface area contributed by atoms with Gasteiger partial charge < -0.3 is 14.2 Å². The predicted octanol–water partition coefficient (Wildman–Crippen LogP) is 20.7. The van der Waals surface area contributed by atoms with E-state index >= 15 is 0 Å². The van der Waals surface area contributed by atoms with Gasteiger partial charge >= 0.3 is 17.9 Å². The summed E-state index contributed by atoms with van der Waals surface area (Å²) in [6.45, 7) is 6.67. The maximum atomic E-state index is 12.9. The average Bonchev–Trinajstić information content (AvgIpc) is 3.35. The molecule has 0 aromatic heterocycles. The van der Waals surface area contributed by atoms with Gasteiger partial charge in [-0.15, -0.1) is 0 Å². The van der Waals surface area contributed by atoms with Gasteiger partial charge in [0.25, 0.3) is 0 Å². The van der Waals surface area contributed by atoms with Gasteiger partial charge in [0.05, 0.1) is 0 Å². The summed E-state index contributed by atoms with van der Waals surface area (Å²) in [5.74, 6) is -0.861. The first kappa shape index (κ1) is 66.9. The number of carbonyl (C=O) groups is 3. The lowest BCUT2D eigenvalue weighted by molar-refractivity contribution is -0.167. The minimum absolute atomic E-state index is 0.0717. The molecular formula is C63H118O6. The Balaban J connectivity index is 4.29. The van der Waals surface area contributed by atoms with Crippen LogP contribution in [0.25, 0.3) is 0 Å². The van der Waals surface area contributed by atoms with Crippen molar-refractivity contribution in [1.82, 2.24) is 0 Å². The molecule has 0 aromatic rings. The zero-order chi connectivity index (χ0) is 50.0. The Bertz CT molecular complexity index is 1110. The van der Waals surface area contributed by atoms with E-state index in [4.69, 9.17) is 14.2 Å². The summed E-state index contributed by atoms with van der Waals surface area (Å²) >= 11 is 0. The van der Waals surface area contributed by atoms with Crippen LogP contribution in [0.4, 0.5) is 0 Å². The van der Waals surface area contributed by atoms with E-state index in [2.05, 4.69) is 45.1 Å². The SMILES string of the molecule is CCCCCC/C=C\CCCCCCCC(=O)OC[C@@H](COC(=O)CCCCCCCCC/C=C\CCCCCCCC)OC(=O)CCCCCCCCCCCCCCCCCCCCCCC. The first-order valence-electron chi connectivity index (χ1n) is 30.8. The van der Waals surface area contributed by atoms with Crippen LogP contribution in [-0.2, 0) is 28.6 Å². The first-order chi connectivity index (χ1) is 34.0. The number of carbonyl (C=O) groups excluding carboxylic acids is 3. The molecule has 69 heavy (non-hydrogen) atoms. The largest absolute Gasteiger partial charge is 0.462 e. The van der Waals surface area contributed by atoms with Crippen LogP contribution in [0.15, 0.2) is 24.3 Å². The summed E-state index contributed by atoms with van der Waals surface area (Å²) in [6.07, 6.45) is 68.9. The van der Waals surface area contributed by atoms with E-state index in [-0.39, 0.29) is 31.1 Å². The fourth-order valence-electron chi connectivity index (χ4n) is 9.26. The molecule has 0 aliphatic rings. The van der Waals surface area contributed by atoms with E-state index in [1.54, 1.807) is 0 Å². The second-order valence-electron chi connectivity index (χ2n) is 21.0. The van der Waals surface area contributed by atoms with E-state index in [0.717, 1.165) is 64.2 Å². The van der Waals surface area contributed by atoms with Gasteiger partial charge in [-0.2, -0.15) is 0 Å². The van der Waals surface area contributed by atoms with Crippen LogP contribution in [0.5, 0.6) is 0 Å². The van der Waals surface area contributed by atoms with Gasteiger partial charge in [-0.25, -0.2) is 0 Å². The Labute approximate surface area is 430 Å². The van der Waals surface area contributed by atoms with Gasteiger partial charge in [-0.3, -0.25) is 14.4 Å². The van der Waals surface area contributed by atoms with Gasteiger partial charge in [0.1, 0.15) is 13.2 Å². The number of allylic oxidation sites excluding steroid dienone is 4. The van der Waals surface area contributed by atoms with E-state index in [1.807, 2.05) is 0 Å². The fourth-order valence-corrected chi connectivity index (χ4v) is 9.26. The maximum Gasteiger partial charge on any atom is 0.306 e. The topological polar surface area (TPSA) is 78.9 Å². The Hall–Kier alpha value is -2.11. The van der Waals surface area contributed by atoms with Gasteiger partial charge in [0.2, 0.25) is 0 Å². The van der Waals surface area contributed by atoms with Gasteiger partial charge in [0.15, 0.2) is 6.10 Å². The van der Waals surface area contributed by atoms with Crippen LogP contribution in [0, 0.1) is 0 Å². The lowest BCUT2D eigenvalue weighted by atomic mass is 10.0. The van der Waals surface area contributed by atoms with Crippen LogP contribution >= 0.6 is 0 Å². The molecule has 0 spiro atoms. The van der Waals surface area contributed by atoms with E-state index in [0.29, 0.717) is 19.3 Å². The van der Waals surface area contributed by atoms with Gasteiger partial charge in [-0.1, -0.05) is 276 Å². The van der Waals surface area contributed by atoms with E-state index < -0.39 is 6.10 Å². The molecule has 0 aliphatic heterocycles. The highest BCUT2D eigenvalue weighted by molar-refractivity contribution is 5.71. The minimum atomic E-state index is -0.773. The average molecular weight is 972 g/mol. The number of esters is 3. The predicted molar refractivity (Wildman–Crippen MR) is 298 cm³/mol. The lowest BCUT2D eigenvalue weighted by Crippen LogP contribution is -2.30. The molecule has 0 aliphatic carbocycles. The third-order valence-corrected chi connectivity index (χ3v) is 13.9. The van der Waals surface area contributed by atoms with Gasteiger partial charge in [-0.05, 0) is 70.6 Å². The van der Waals surface area contributed by atoms with Crippen molar-refractivity contribution in [3.05, 3.63) is 24.3 Å². The summed E-state index contributed by atoms with van der Waals surface area (Å²) < 4.78 is 16.9. The molecule has 0 N–H and O–H groups in total. The molecule has 0 saturated heterocycles. The van der Waals surface area contributed by atoms with Gasteiger partial charge in [0, 0.05) is 19.3 Å². The molecule has 0 saturated carbocycles. The molecule has 0 bridgehead atoms. The zero-order valence-electron chi connectivity index (χ0n) is 46.6. The van der Waals surface area contributed by atoms with Crippen LogP contribution < -0.4 is 0 Å². The third kappa shape index (κ3) is 56.7. The molecule has 6 heteroatoms. The molecule has 0 fully saturated rings. The standard InChI is InChI=1S/C63H118O6/c1-4-7-10-13-16-19-22-25-27-29-30-31-32-34-36-39-42-45-48-51-54-57-63(66)69-60(58-67-61(64)55-52-49-46-43-40-37-24-21-18-15-12-9-6-3)59-68-62(65)56-53-50-47-44-41-38-35-33-28-26-23-20-17-14-11-8-5-2/h21,24,26,28,60H,4-20,22-23,25,27,29-59H2,1-3H3/b24-21-,28-26-/t60-/m0/s1. The summed E-state index contributed by atoms with van der Waals surface area (Å²) in [7, 11) is 0. The second-order valence-corrected chi connectivity index (χ2v) is 21.0. The van der Waals surface area contributed by atoms with Crippen molar-refractivity contribution in [1.29, 1.82) is 0 Å². The molecule has 1 atom stereocenters. The van der Waals surface area contributed by atoms with Crippen LogP contribution in [0.3, 0.4) is 0 Å². The monoisotopic (exact) mass is 971 g/mol. The molecular weight excluding hydrogens is 853 g/mol. The van der Waals surface area contributed by atoms with Crippen molar-refractivity contribution in [2.45, 2.75) is 348 Å². The zero-order valence-corrected chi connectivity index (χ0v) is 46.6. The molecule has 0 radical (unpaired) electrons. The quantitative estimate of drug-likeness (QED) is 0.0261. The van der Waals surface area contributed by atoms with Crippen molar-refractivity contribution in [2.75, 3.05) is 13.2 Å². The van der Waals surface area contributed by atoms with Crippen molar-refractivity contribution in [2.24, 2.45) is 0 Å². The molecule has 6 nitrogen and oxygen atoms in total. The van der Waals surface area contributed by atoms with Crippen molar-refractivity contribution >= 4 is 17.9 Å². The highest BCUT2D eigenvalue weighted by Crippen LogP contribution is 2.17. The Morgan fingerprint density at radius 3 is 0.739 bits per heavy atom. The van der Waals surface area contributed by atoms with Crippen molar-refractivity contribution < 1.29 is 28.6 Å². The molecule has 0 amide bonds. The molecule has 0 heterocycles. The Morgan fingerprint density at radius 2 is 0.478 bits per heavy atom. The fraction of sp³-hybridized carbons (Fsp3) is 0.889. The van der Waals surface area contributed by atoms with Crippen LogP contribution in [0.1, 0.15) is 342 Å². The summed E-state index contributed by atoms with van der Waals surface area (Å²) in [6, 6.07) is 0. The van der Waals surface area contributed by atoms with Crippen LogP contribution in [0.2, 0.25) is 0 Å². The first-order valence-corrected chi connectivity index (χ1v) is 30.8. The minimum Gasteiger partial charge on any atom is -0.462 e. The number of hydrogen-bond acceptors (Lipinski definition) is 6. The normalized spacial score (nSPS) is 12.1. The lowest BCUT2D eigenvalue weighted by Gasteiger charge is -2.18. The number of ether oxygens (including phenoxy) is 3. The highest BCUT2D eigenvalue weighted by atomic mass is 16.6. The smallest absolute Gasteiger partial charge is 0.306 e. The molecule has 406 valence electrons. The van der Waals surface area contributed by atoms with Crippen molar-refractivity contribution in [3.63, 3.8) is 0 Å². The van der Waals surface area contributed by atoms with Crippen LogP contribution in [-0.4, -0.2) is 37.2 Å². The second kappa shape index (κ2) is 58.5. The summed E-state index contributed by atoms with van der Waals surface area (Å²) in [5.41, 5.74) is 0. The number of rotatable bonds is 57. The summed E-state index contributed by atoms with van der Waals surface area (Å²) in [4.78, 5) is 38.2. The van der Waals surface area contributed by atoms with E-state index in [9.17, 15) is 14.4 Å². The highest BCUT2D eigenvalue weighted by Gasteiger charge is 2.19. The summed E-state index contributed by atoms with van der Waals surface area (Å²) in [5, 5.41) is 0. The molecule has 0 unspecified atom stereocenters. The molecule has 0 aromatic carbocycles.